The molecule has 0 aromatic heterocycles. The first-order valence-electron chi connectivity index (χ1n) is 5.72. The van der Waals surface area contributed by atoms with Crippen LogP contribution >= 0.6 is 0 Å². The molecule has 0 bridgehead atoms. The standard InChI is InChI=1S/C14H12F2N2O2/c1-20-12-5-3-2-4-9(12)14(19)18-13-10(16)6-8(15)7-11(13)17/h2-7H,17H2,1H3,(H,18,19). The Morgan fingerprint density at radius 1 is 1.25 bits per heavy atom. The van der Waals surface area contributed by atoms with Crippen LogP contribution in [-0.2, 0) is 0 Å². The van der Waals surface area contributed by atoms with Gasteiger partial charge in [-0.15, -0.1) is 0 Å². The van der Waals surface area contributed by atoms with Gasteiger partial charge in [-0.25, -0.2) is 8.78 Å². The number of ether oxygens (including phenoxy) is 1. The Balaban J connectivity index is 2.33. The molecule has 104 valence electrons. The summed E-state index contributed by atoms with van der Waals surface area (Å²) in [7, 11) is 1.42. The average molecular weight is 278 g/mol. The van der Waals surface area contributed by atoms with Gasteiger partial charge >= 0.3 is 0 Å². The number of para-hydroxylation sites is 1. The zero-order valence-corrected chi connectivity index (χ0v) is 10.6. The predicted molar refractivity (Wildman–Crippen MR) is 71.7 cm³/mol. The number of carbonyl (C=O) groups excluding carboxylic acids is 1. The van der Waals surface area contributed by atoms with Crippen LogP contribution in [0, 0.1) is 11.6 Å². The fourth-order valence-corrected chi connectivity index (χ4v) is 1.74. The molecule has 1 amide bonds. The van der Waals surface area contributed by atoms with Crippen LogP contribution in [0.5, 0.6) is 5.75 Å². The average Bonchev–Trinajstić information content (AvgIpc) is 2.42. The second-order valence-corrected chi connectivity index (χ2v) is 4.01. The predicted octanol–water partition coefficient (Wildman–Crippen LogP) is 2.81. The Labute approximate surface area is 114 Å². The molecule has 3 N–H and O–H groups in total. The molecule has 0 aliphatic rings. The molecular weight excluding hydrogens is 266 g/mol. The van der Waals surface area contributed by atoms with E-state index in [1.54, 1.807) is 18.2 Å². The number of benzene rings is 2. The number of anilines is 2. The van der Waals surface area contributed by atoms with Crippen molar-refractivity contribution in [3.63, 3.8) is 0 Å². The van der Waals surface area contributed by atoms with Crippen LogP contribution in [0.3, 0.4) is 0 Å². The number of carbonyl (C=O) groups is 1. The third-order valence-corrected chi connectivity index (χ3v) is 2.68. The topological polar surface area (TPSA) is 64.3 Å². The SMILES string of the molecule is COc1ccccc1C(=O)Nc1c(N)cc(F)cc1F. The maximum atomic E-state index is 13.6. The molecule has 0 atom stereocenters. The number of halogens is 2. The minimum atomic E-state index is -0.939. The molecule has 4 nitrogen and oxygen atoms in total. The van der Waals surface area contributed by atoms with Gasteiger partial charge in [-0.1, -0.05) is 12.1 Å². The Kier molecular flexibility index (Phi) is 3.84. The van der Waals surface area contributed by atoms with Crippen LogP contribution < -0.4 is 15.8 Å². The van der Waals surface area contributed by atoms with Crippen molar-refractivity contribution in [1.29, 1.82) is 0 Å². The molecule has 0 aliphatic heterocycles. The number of rotatable bonds is 3. The van der Waals surface area contributed by atoms with Gasteiger partial charge in [-0.3, -0.25) is 4.79 Å². The summed E-state index contributed by atoms with van der Waals surface area (Å²) in [6.07, 6.45) is 0. The van der Waals surface area contributed by atoms with Gasteiger partial charge in [-0.2, -0.15) is 0 Å². The molecular formula is C14H12F2N2O2. The van der Waals surface area contributed by atoms with Gasteiger partial charge in [0.2, 0.25) is 0 Å². The quantitative estimate of drug-likeness (QED) is 0.848. The third kappa shape index (κ3) is 2.69. The third-order valence-electron chi connectivity index (χ3n) is 2.68. The van der Waals surface area contributed by atoms with Crippen molar-refractivity contribution in [2.75, 3.05) is 18.2 Å². The Morgan fingerprint density at radius 2 is 1.95 bits per heavy atom. The molecule has 0 spiro atoms. The number of hydrogen-bond acceptors (Lipinski definition) is 3. The molecule has 20 heavy (non-hydrogen) atoms. The maximum Gasteiger partial charge on any atom is 0.259 e. The van der Waals surface area contributed by atoms with Crippen LogP contribution in [0.25, 0.3) is 0 Å². The molecule has 0 fully saturated rings. The lowest BCUT2D eigenvalue weighted by Crippen LogP contribution is -2.15. The van der Waals surface area contributed by atoms with E-state index in [1.165, 1.54) is 13.2 Å². The van der Waals surface area contributed by atoms with Crippen LogP contribution in [0.15, 0.2) is 36.4 Å². The minimum absolute atomic E-state index is 0.189. The van der Waals surface area contributed by atoms with Crippen molar-refractivity contribution in [2.45, 2.75) is 0 Å². The number of nitrogens with one attached hydrogen (secondary N) is 1. The number of nitrogen functional groups attached to an aromatic ring is 1. The molecule has 0 saturated heterocycles. The van der Waals surface area contributed by atoms with Gasteiger partial charge in [0.1, 0.15) is 17.3 Å². The Bertz CT molecular complexity index is 636. The zero-order valence-electron chi connectivity index (χ0n) is 10.6. The number of methoxy groups -OCH3 is 1. The molecule has 0 aliphatic carbocycles. The summed E-state index contributed by atoms with van der Waals surface area (Å²) in [5.41, 5.74) is 5.26. The van der Waals surface area contributed by atoms with E-state index in [1.807, 2.05) is 0 Å². The first kappa shape index (κ1) is 13.8. The fraction of sp³-hybridized carbons (Fsp3) is 0.0714. The number of hydrogen-bond donors (Lipinski definition) is 2. The highest BCUT2D eigenvalue weighted by atomic mass is 19.1. The van der Waals surface area contributed by atoms with E-state index in [9.17, 15) is 13.6 Å². The summed E-state index contributed by atoms with van der Waals surface area (Å²) in [6.45, 7) is 0. The summed E-state index contributed by atoms with van der Waals surface area (Å²) in [6, 6.07) is 8.03. The van der Waals surface area contributed by atoms with Crippen molar-refractivity contribution in [3.8, 4) is 5.75 Å². The van der Waals surface area contributed by atoms with E-state index < -0.39 is 17.5 Å². The molecule has 0 unspecified atom stereocenters. The normalized spacial score (nSPS) is 10.2. The summed E-state index contributed by atoms with van der Waals surface area (Å²) in [4.78, 5) is 12.1. The smallest absolute Gasteiger partial charge is 0.259 e. The summed E-state index contributed by atoms with van der Waals surface area (Å²) in [5.74, 6) is -2.01. The highest BCUT2D eigenvalue weighted by Gasteiger charge is 2.16. The van der Waals surface area contributed by atoms with E-state index in [4.69, 9.17) is 10.5 Å². The van der Waals surface area contributed by atoms with Crippen LogP contribution in [-0.4, -0.2) is 13.0 Å². The Morgan fingerprint density at radius 3 is 2.60 bits per heavy atom. The first-order valence-corrected chi connectivity index (χ1v) is 5.72. The second kappa shape index (κ2) is 5.56. The molecule has 2 aromatic carbocycles. The van der Waals surface area contributed by atoms with Gasteiger partial charge in [-0.05, 0) is 18.2 Å². The van der Waals surface area contributed by atoms with E-state index in [0.717, 1.165) is 6.07 Å². The number of amides is 1. The summed E-state index contributed by atoms with van der Waals surface area (Å²) >= 11 is 0. The van der Waals surface area contributed by atoms with Gasteiger partial charge in [0.05, 0.1) is 18.4 Å². The van der Waals surface area contributed by atoms with E-state index in [0.29, 0.717) is 11.8 Å². The molecule has 0 saturated carbocycles. The van der Waals surface area contributed by atoms with Crippen molar-refractivity contribution >= 4 is 17.3 Å². The number of nitrogens with two attached hydrogens (primary N) is 1. The largest absolute Gasteiger partial charge is 0.496 e. The lowest BCUT2D eigenvalue weighted by Gasteiger charge is -2.11. The van der Waals surface area contributed by atoms with Gasteiger partial charge in [0.25, 0.3) is 5.91 Å². The van der Waals surface area contributed by atoms with Crippen LogP contribution in [0.1, 0.15) is 10.4 Å². The minimum Gasteiger partial charge on any atom is -0.496 e. The van der Waals surface area contributed by atoms with Crippen molar-refractivity contribution in [1.82, 2.24) is 0 Å². The maximum absolute atomic E-state index is 13.6. The van der Waals surface area contributed by atoms with E-state index in [2.05, 4.69) is 5.32 Å². The monoisotopic (exact) mass is 278 g/mol. The lowest BCUT2D eigenvalue weighted by molar-refractivity contribution is 0.102. The van der Waals surface area contributed by atoms with Crippen molar-refractivity contribution in [3.05, 3.63) is 53.6 Å². The Hall–Kier alpha value is -2.63. The molecule has 0 heterocycles. The highest BCUT2D eigenvalue weighted by Crippen LogP contribution is 2.26. The molecule has 0 radical (unpaired) electrons. The van der Waals surface area contributed by atoms with Crippen LogP contribution in [0.4, 0.5) is 20.2 Å². The molecule has 6 heteroatoms. The first-order chi connectivity index (χ1) is 9.52. The van der Waals surface area contributed by atoms with Gasteiger partial charge in [0, 0.05) is 6.07 Å². The van der Waals surface area contributed by atoms with Gasteiger partial charge < -0.3 is 15.8 Å². The zero-order chi connectivity index (χ0) is 14.7. The van der Waals surface area contributed by atoms with Gasteiger partial charge in [0.15, 0.2) is 5.82 Å². The molecule has 2 aromatic rings. The fourth-order valence-electron chi connectivity index (χ4n) is 1.74. The summed E-state index contributed by atoms with van der Waals surface area (Å²) < 4.78 is 31.6. The van der Waals surface area contributed by atoms with E-state index >= 15 is 0 Å². The van der Waals surface area contributed by atoms with Crippen molar-refractivity contribution < 1.29 is 18.3 Å². The second-order valence-electron chi connectivity index (χ2n) is 4.01. The van der Waals surface area contributed by atoms with Crippen molar-refractivity contribution in [2.24, 2.45) is 0 Å². The highest BCUT2D eigenvalue weighted by molar-refractivity contribution is 6.07. The van der Waals surface area contributed by atoms with E-state index in [-0.39, 0.29) is 16.9 Å². The summed E-state index contributed by atoms with van der Waals surface area (Å²) in [5, 5.41) is 2.31. The lowest BCUT2D eigenvalue weighted by atomic mass is 10.1. The molecule has 2 rings (SSSR count). The van der Waals surface area contributed by atoms with Crippen LogP contribution in [0.2, 0.25) is 0 Å².